The third-order valence-electron chi connectivity index (χ3n) is 3.76. The molecule has 1 saturated carbocycles. The first kappa shape index (κ1) is 14.0. The molecule has 2 nitrogen and oxygen atoms in total. The highest BCUT2D eigenvalue weighted by Gasteiger charge is 2.22. The summed E-state index contributed by atoms with van der Waals surface area (Å²) in [4.78, 5) is 4.05. The van der Waals surface area contributed by atoms with Gasteiger partial charge in [-0.1, -0.05) is 19.4 Å². The molecule has 0 radical (unpaired) electrons. The van der Waals surface area contributed by atoms with Crippen molar-refractivity contribution in [3.63, 3.8) is 0 Å². The molecule has 1 aliphatic rings. The van der Waals surface area contributed by atoms with Gasteiger partial charge in [-0.25, -0.2) is 0 Å². The molecule has 0 bridgehead atoms. The van der Waals surface area contributed by atoms with Gasteiger partial charge in [-0.3, -0.25) is 0 Å². The van der Waals surface area contributed by atoms with Crippen molar-refractivity contribution in [2.75, 3.05) is 20.1 Å². The molecule has 0 amide bonds. The Morgan fingerprint density at radius 2 is 2.33 bits per heavy atom. The van der Waals surface area contributed by atoms with Gasteiger partial charge < -0.3 is 10.2 Å². The Bertz CT molecular complexity index is 319. The Morgan fingerprint density at radius 3 is 2.94 bits per heavy atom. The molecule has 1 aromatic heterocycles. The largest absolute Gasteiger partial charge is 0.312 e. The summed E-state index contributed by atoms with van der Waals surface area (Å²) in [7, 11) is 2.28. The predicted octanol–water partition coefficient (Wildman–Crippen LogP) is 3.14. The van der Waals surface area contributed by atoms with Crippen LogP contribution < -0.4 is 5.32 Å². The van der Waals surface area contributed by atoms with Crippen LogP contribution in [0.3, 0.4) is 0 Å². The Hall–Kier alpha value is -0.380. The molecule has 3 heteroatoms. The van der Waals surface area contributed by atoms with Crippen molar-refractivity contribution in [1.29, 1.82) is 0 Å². The first-order chi connectivity index (χ1) is 8.79. The van der Waals surface area contributed by atoms with E-state index in [-0.39, 0.29) is 0 Å². The van der Waals surface area contributed by atoms with E-state index in [9.17, 15) is 0 Å². The van der Waals surface area contributed by atoms with E-state index in [0.717, 1.165) is 6.04 Å². The zero-order valence-electron chi connectivity index (χ0n) is 11.7. The summed E-state index contributed by atoms with van der Waals surface area (Å²) in [6, 6.07) is 5.93. The lowest BCUT2D eigenvalue weighted by Crippen LogP contribution is -2.41. The summed E-state index contributed by atoms with van der Waals surface area (Å²) in [5.41, 5.74) is 0. The highest BCUT2D eigenvalue weighted by atomic mass is 32.1. The topological polar surface area (TPSA) is 15.3 Å². The molecule has 102 valence electrons. The second kappa shape index (κ2) is 7.27. The molecule has 0 spiro atoms. The normalized spacial score (nSPS) is 17.3. The Balaban J connectivity index is 1.72. The van der Waals surface area contributed by atoms with Crippen molar-refractivity contribution in [2.24, 2.45) is 0 Å². The molecule has 1 fully saturated rings. The van der Waals surface area contributed by atoms with Crippen LogP contribution in [0.2, 0.25) is 0 Å². The first-order valence-corrected chi connectivity index (χ1v) is 8.13. The minimum atomic E-state index is 0.704. The fourth-order valence-electron chi connectivity index (χ4n) is 2.33. The predicted molar refractivity (Wildman–Crippen MR) is 80.4 cm³/mol. The lowest BCUT2D eigenvalue weighted by Gasteiger charge is -2.28. The van der Waals surface area contributed by atoms with Gasteiger partial charge in [0.2, 0.25) is 0 Å². The summed E-state index contributed by atoms with van der Waals surface area (Å²) in [5, 5.41) is 5.85. The second-order valence-electron chi connectivity index (χ2n) is 5.43. The second-order valence-corrected chi connectivity index (χ2v) is 6.47. The number of thiophene rings is 1. The molecule has 0 saturated heterocycles. The summed E-state index contributed by atoms with van der Waals surface area (Å²) < 4.78 is 0. The zero-order valence-corrected chi connectivity index (χ0v) is 12.5. The van der Waals surface area contributed by atoms with Crippen LogP contribution in [-0.2, 0) is 6.42 Å². The summed E-state index contributed by atoms with van der Waals surface area (Å²) >= 11 is 1.88. The van der Waals surface area contributed by atoms with Crippen LogP contribution in [0.5, 0.6) is 0 Å². The van der Waals surface area contributed by atoms with Crippen molar-refractivity contribution < 1.29 is 0 Å². The number of nitrogens with one attached hydrogen (secondary N) is 1. The van der Waals surface area contributed by atoms with Crippen LogP contribution in [0.25, 0.3) is 0 Å². The van der Waals surface area contributed by atoms with E-state index in [1.807, 2.05) is 11.3 Å². The van der Waals surface area contributed by atoms with Gasteiger partial charge in [-0.2, -0.15) is 0 Å². The Kier molecular flexibility index (Phi) is 5.67. The lowest BCUT2D eigenvalue weighted by atomic mass is 10.1. The molecule has 1 unspecified atom stereocenters. The van der Waals surface area contributed by atoms with E-state index in [1.165, 1.54) is 50.1 Å². The molecule has 0 aliphatic heterocycles. The van der Waals surface area contributed by atoms with Crippen molar-refractivity contribution in [1.82, 2.24) is 10.2 Å². The van der Waals surface area contributed by atoms with Crippen molar-refractivity contribution in [3.05, 3.63) is 22.4 Å². The van der Waals surface area contributed by atoms with Crippen molar-refractivity contribution in [2.45, 2.75) is 51.1 Å². The molecule has 0 aromatic carbocycles. The summed E-state index contributed by atoms with van der Waals surface area (Å²) in [6.45, 7) is 4.63. The maximum atomic E-state index is 3.68. The third kappa shape index (κ3) is 4.71. The van der Waals surface area contributed by atoms with Crippen LogP contribution in [0.4, 0.5) is 0 Å². The molecule has 1 aliphatic carbocycles. The molecule has 1 N–H and O–H groups in total. The van der Waals surface area contributed by atoms with E-state index >= 15 is 0 Å². The molecule has 18 heavy (non-hydrogen) atoms. The monoisotopic (exact) mass is 266 g/mol. The SMILES string of the molecule is CCCC(CNC1CC1)N(C)CCc1cccs1. The Morgan fingerprint density at radius 1 is 1.50 bits per heavy atom. The minimum absolute atomic E-state index is 0.704. The zero-order chi connectivity index (χ0) is 12.8. The van der Waals surface area contributed by atoms with Crippen LogP contribution >= 0.6 is 11.3 Å². The van der Waals surface area contributed by atoms with Gasteiger partial charge in [0.25, 0.3) is 0 Å². The molecule has 1 heterocycles. The minimum Gasteiger partial charge on any atom is -0.312 e. The van der Waals surface area contributed by atoms with Gasteiger partial charge in [0, 0.05) is 30.1 Å². The molecule has 2 rings (SSSR count). The van der Waals surface area contributed by atoms with Gasteiger partial charge in [0.05, 0.1) is 0 Å². The van der Waals surface area contributed by atoms with Gasteiger partial charge in [-0.15, -0.1) is 11.3 Å². The average molecular weight is 266 g/mol. The highest BCUT2D eigenvalue weighted by molar-refractivity contribution is 7.09. The molecule has 1 aromatic rings. The summed E-state index contributed by atoms with van der Waals surface area (Å²) in [6.07, 6.45) is 6.55. The average Bonchev–Trinajstić information content (AvgIpc) is 3.05. The quantitative estimate of drug-likeness (QED) is 0.738. The number of nitrogens with zero attached hydrogens (tertiary/aromatic N) is 1. The van der Waals surface area contributed by atoms with Gasteiger partial charge in [0.1, 0.15) is 0 Å². The first-order valence-electron chi connectivity index (χ1n) is 7.25. The number of likely N-dealkylation sites (N-methyl/N-ethyl adjacent to an activating group) is 1. The van der Waals surface area contributed by atoms with Gasteiger partial charge in [-0.05, 0) is 44.2 Å². The van der Waals surface area contributed by atoms with Crippen LogP contribution in [0.15, 0.2) is 17.5 Å². The Labute approximate surface area is 115 Å². The van der Waals surface area contributed by atoms with E-state index in [0.29, 0.717) is 6.04 Å². The van der Waals surface area contributed by atoms with Crippen LogP contribution in [0, 0.1) is 0 Å². The van der Waals surface area contributed by atoms with Crippen molar-refractivity contribution >= 4 is 11.3 Å². The van der Waals surface area contributed by atoms with E-state index in [4.69, 9.17) is 0 Å². The van der Waals surface area contributed by atoms with Gasteiger partial charge in [0.15, 0.2) is 0 Å². The lowest BCUT2D eigenvalue weighted by molar-refractivity contribution is 0.225. The van der Waals surface area contributed by atoms with E-state index in [2.05, 4.69) is 41.7 Å². The van der Waals surface area contributed by atoms with E-state index in [1.54, 1.807) is 0 Å². The van der Waals surface area contributed by atoms with Crippen LogP contribution in [0.1, 0.15) is 37.5 Å². The molecular formula is C15H26N2S. The van der Waals surface area contributed by atoms with Crippen molar-refractivity contribution in [3.8, 4) is 0 Å². The van der Waals surface area contributed by atoms with E-state index < -0.39 is 0 Å². The number of rotatable bonds is 9. The fourth-order valence-corrected chi connectivity index (χ4v) is 3.02. The molecular weight excluding hydrogens is 240 g/mol. The fraction of sp³-hybridized carbons (Fsp3) is 0.733. The van der Waals surface area contributed by atoms with Gasteiger partial charge >= 0.3 is 0 Å². The maximum Gasteiger partial charge on any atom is 0.0217 e. The number of hydrogen-bond donors (Lipinski definition) is 1. The smallest absolute Gasteiger partial charge is 0.0217 e. The standard InChI is InChI=1S/C15H26N2S/c1-3-5-14(12-16-13-7-8-13)17(2)10-9-15-6-4-11-18-15/h4,6,11,13-14,16H,3,5,7-10,12H2,1-2H3. The third-order valence-corrected chi connectivity index (χ3v) is 4.69. The maximum absolute atomic E-state index is 3.68. The molecule has 1 atom stereocenters. The highest BCUT2D eigenvalue weighted by Crippen LogP contribution is 2.19. The summed E-state index contributed by atoms with van der Waals surface area (Å²) in [5.74, 6) is 0. The number of hydrogen-bond acceptors (Lipinski definition) is 3. The van der Waals surface area contributed by atoms with Crippen LogP contribution in [-0.4, -0.2) is 37.1 Å².